The highest BCUT2D eigenvalue weighted by Gasteiger charge is 2.10. The predicted molar refractivity (Wildman–Crippen MR) is 138 cm³/mol. The van der Waals surface area contributed by atoms with E-state index in [9.17, 15) is 10.1 Å². The van der Waals surface area contributed by atoms with E-state index in [-0.39, 0.29) is 0 Å². The molecule has 0 atom stereocenters. The average molecular weight is 636 g/mol. The number of nitrogens with one attached hydrogen (secondary N) is 2. The lowest BCUT2D eigenvalue weighted by Crippen LogP contribution is -2.24. The second-order valence-electron chi connectivity index (χ2n) is 6.51. The minimum absolute atomic E-state index is 0.309. The highest BCUT2D eigenvalue weighted by molar-refractivity contribution is 14.1. The lowest BCUT2D eigenvalue weighted by atomic mass is 10.1. The van der Waals surface area contributed by atoms with Crippen molar-refractivity contribution in [1.29, 1.82) is 5.26 Å². The molecule has 0 bridgehead atoms. The fraction of sp³-hybridized carbons (Fsp3) is 0.0870. The van der Waals surface area contributed by atoms with Crippen LogP contribution in [0.1, 0.15) is 22.3 Å². The Balaban J connectivity index is 1.62. The summed E-state index contributed by atoms with van der Waals surface area (Å²) in [6.07, 6.45) is 1.58. The van der Waals surface area contributed by atoms with Crippen LogP contribution in [0.15, 0.2) is 65.8 Å². The van der Waals surface area contributed by atoms with Crippen LogP contribution in [-0.4, -0.2) is 12.2 Å². The van der Waals surface area contributed by atoms with E-state index in [1.165, 1.54) is 0 Å². The largest absolute Gasteiger partial charge is 0.487 e. The summed E-state index contributed by atoms with van der Waals surface area (Å²) in [5.74, 6) is 0.747. The number of hydrogen-bond donors (Lipinski definition) is 2. The fourth-order valence-corrected chi connectivity index (χ4v) is 4.85. The maximum atomic E-state index is 12.0. The van der Waals surface area contributed by atoms with E-state index >= 15 is 0 Å². The molecule has 31 heavy (non-hydrogen) atoms. The number of anilines is 1. The molecule has 6 nitrogen and oxygen atoms in total. The lowest BCUT2D eigenvalue weighted by molar-refractivity contribution is 0.252. The van der Waals surface area contributed by atoms with Gasteiger partial charge in [0.25, 0.3) is 0 Å². The van der Waals surface area contributed by atoms with Crippen molar-refractivity contribution in [2.24, 2.45) is 5.10 Å². The summed E-state index contributed by atoms with van der Waals surface area (Å²) in [6, 6.07) is 20.5. The second kappa shape index (κ2) is 11.1. The molecular formula is C23H18I2N4O2. The summed E-state index contributed by atoms with van der Waals surface area (Å²) >= 11 is 4.40. The number of urea groups is 1. The molecule has 0 aliphatic heterocycles. The van der Waals surface area contributed by atoms with Crippen LogP contribution in [0.25, 0.3) is 0 Å². The monoisotopic (exact) mass is 636 g/mol. The minimum atomic E-state index is -0.411. The molecule has 0 spiro atoms. The van der Waals surface area contributed by atoms with Gasteiger partial charge in [0.2, 0.25) is 0 Å². The van der Waals surface area contributed by atoms with Crippen LogP contribution in [0, 0.1) is 25.4 Å². The Morgan fingerprint density at radius 3 is 2.52 bits per heavy atom. The fourth-order valence-electron chi connectivity index (χ4n) is 2.73. The van der Waals surface area contributed by atoms with Gasteiger partial charge in [0.1, 0.15) is 12.4 Å². The average Bonchev–Trinajstić information content (AvgIpc) is 2.75. The molecule has 156 valence electrons. The summed E-state index contributed by atoms with van der Waals surface area (Å²) in [5, 5.41) is 16.0. The highest BCUT2D eigenvalue weighted by atomic mass is 127. The van der Waals surface area contributed by atoms with E-state index in [1.807, 2.05) is 61.5 Å². The normalized spacial score (nSPS) is 10.5. The summed E-state index contributed by atoms with van der Waals surface area (Å²) < 4.78 is 7.80. The molecule has 0 radical (unpaired) electrons. The zero-order valence-electron chi connectivity index (χ0n) is 16.5. The SMILES string of the molecule is Cc1ccccc1NC(=O)NN=Cc1cc(I)c(OCc2ccccc2C#N)c(I)c1. The van der Waals surface area contributed by atoms with Gasteiger partial charge in [-0.25, -0.2) is 10.2 Å². The molecule has 0 aromatic heterocycles. The molecule has 3 aromatic rings. The van der Waals surface area contributed by atoms with E-state index < -0.39 is 6.03 Å². The first kappa shape index (κ1) is 23.0. The Morgan fingerprint density at radius 2 is 1.81 bits per heavy atom. The Labute approximate surface area is 208 Å². The Hall–Kier alpha value is -2.65. The number of nitriles is 1. The van der Waals surface area contributed by atoms with Crippen LogP contribution in [0.4, 0.5) is 10.5 Å². The molecule has 0 aliphatic carbocycles. The zero-order valence-corrected chi connectivity index (χ0v) is 20.8. The third-order valence-electron chi connectivity index (χ3n) is 4.30. The van der Waals surface area contributed by atoms with Gasteiger partial charge in [-0.05, 0) is 87.5 Å². The second-order valence-corrected chi connectivity index (χ2v) is 8.83. The standard InChI is InChI=1S/C23H18I2N4O2/c1-15-6-2-5-9-21(15)28-23(30)29-27-13-16-10-19(24)22(20(25)11-16)31-14-18-8-4-3-7-17(18)12-26/h2-11,13H,14H2,1H3,(H2,28,29,30). The smallest absolute Gasteiger partial charge is 0.339 e. The van der Waals surface area contributed by atoms with Crippen molar-refractivity contribution in [1.82, 2.24) is 5.43 Å². The van der Waals surface area contributed by atoms with E-state index in [0.717, 1.165) is 35.3 Å². The topological polar surface area (TPSA) is 86.5 Å². The Bertz CT molecular complexity index is 1150. The Morgan fingerprint density at radius 1 is 1.13 bits per heavy atom. The van der Waals surface area contributed by atoms with Crippen molar-refractivity contribution >= 4 is 63.1 Å². The number of nitrogens with zero attached hydrogens (tertiary/aromatic N) is 2. The molecule has 0 heterocycles. The first-order valence-corrected chi connectivity index (χ1v) is 11.4. The van der Waals surface area contributed by atoms with Crippen LogP contribution in [-0.2, 0) is 6.61 Å². The number of hydrazone groups is 1. The molecule has 2 N–H and O–H groups in total. The van der Waals surface area contributed by atoms with Gasteiger partial charge in [-0.15, -0.1) is 0 Å². The number of carbonyl (C=O) groups is 1. The van der Waals surface area contributed by atoms with Crippen LogP contribution in [0.2, 0.25) is 0 Å². The van der Waals surface area contributed by atoms with Crippen molar-refractivity contribution in [3.8, 4) is 11.8 Å². The molecule has 2 amide bonds. The van der Waals surface area contributed by atoms with E-state index in [0.29, 0.717) is 12.2 Å². The van der Waals surface area contributed by atoms with Crippen molar-refractivity contribution in [3.63, 3.8) is 0 Å². The number of aryl methyl sites for hydroxylation is 1. The Kier molecular flexibility index (Phi) is 8.25. The van der Waals surface area contributed by atoms with Crippen molar-refractivity contribution in [2.45, 2.75) is 13.5 Å². The molecule has 0 unspecified atom stereocenters. The molecule has 3 rings (SSSR count). The van der Waals surface area contributed by atoms with E-state index in [1.54, 1.807) is 12.3 Å². The molecular weight excluding hydrogens is 618 g/mol. The van der Waals surface area contributed by atoms with Gasteiger partial charge in [-0.3, -0.25) is 0 Å². The van der Waals surface area contributed by atoms with Crippen LogP contribution in [0.3, 0.4) is 0 Å². The molecule has 0 fully saturated rings. The summed E-state index contributed by atoms with van der Waals surface area (Å²) in [6.45, 7) is 2.23. The number of carbonyl (C=O) groups excluding carboxylic acids is 1. The van der Waals surface area contributed by atoms with Crippen molar-refractivity contribution in [2.75, 3.05) is 5.32 Å². The first-order chi connectivity index (χ1) is 15.0. The maximum Gasteiger partial charge on any atom is 0.339 e. The number of para-hydroxylation sites is 1. The zero-order chi connectivity index (χ0) is 22.2. The van der Waals surface area contributed by atoms with Crippen molar-refractivity contribution < 1.29 is 9.53 Å². The number of halogens is 2. The highest BCUT2D eigenvalue weighted by Crippen LogP contribution is 2.29. The molecule has 0 saturated carbocycles. The molecule has 8 heteroatoms. The summed E-state index contributed by atoms with van der Waals surface area (Å²) in [7, 11) is 0. The van der Waals surface area contributed by atoms with Gasteiger partial charge < -0.3 is 10.1 Å². The van der Waals surface area contributed by atoms with Gasteiger partial charge >= 0.3 is 6.03 Å². The van der Waals surface area contributed by atoms with Gasteiger partial charge in [0.15, 0.2) is 0 Å². The number of benzene rings is 3. The molecule has 3 aromatic carbocycles. The maximum absolute atomic E-state index is 12.0. The number of hydrogen-bond acceptors (Lipinski definition) is 4. The summed E-state index contributed by atoms with van der Waals surface area (Å²) in [5.41, 5.74) is 6.45. The van der Waals surface area contributed by atoms with Gasteiger partial charge in [0, 0.05) is 11.3 Å². The van der Waals surface area contributed by atoms with Crippen LogP contribution < -0.4 is 15.5 Å². The first-order valence-electron chi connectivity index (χ1n) is 9.23. The van der Waals surface area contributed by atoms with Crippen LogP contribution >= 0.6 is 45.2 Å². The lowest BCUT2D eigenvalue weighted by Gasteiger charge is -2.12. The quantitative estimate of drug-likeness (QED) is 0.204. The minimum Gasteiger partial charge on any atom is -0.487 e. The third kappa shape index (κ3) is 6.41. The van der Waals surface area contributed by atoms with Gasteiger partial charge in [-0.2, -0.15) is 10.4 Å². The number of ether oxygens (including phenoxy) is 1. The summed E-state index contributed by atoms with van der Waals surface area (Å²) in [4.78, 5) is 12.0. The van der Waals surface area contributed by atoms with E-state index in [4.69, 9.17) is 4.74 Å². The van der Waals surface area contributed by atoms with Gasteiger partial charge in [-0.1, -0.05) is 36.4 Å². The number of amides is 2. The van der Waals surface area contributed by atoms with E-state index in [2.05, 4.69) is 67.1 Å². The molecule has 0 saturated heterocycles. The molecule has 0 aliphatic rings. The third-order valence-corrected chi connectivity index (χ3v) is 5.91. The van der Waals surface area contributed by atoms with Gasteiger partial charge in [0.05, 0.1) is 25.0 Å². The predicted octanol–water partition coefficient (Wildman–Crippen LogP) is 5.81. The number of rotatable bonds is 6. The van der Waals surface area contributed by atoms with Crippen molar-refractivity contribution in [3.05, 3.63) is 90.1 Å². The van der Waals surface area contributed by atoms with Crippen LogP contribution in [0.5, 0.6) is 5.75 Å².